The molecule has 28 heavy (non-hydrogen) atoms. The van der Waals surface area contributed by atoms with Gasteiger partial charge in [0.1, 0.15) is 5.82 Å². The number of nitrogens with two attached hydrogens (primary N) is 1. The van der Waals surface area contributed by atoms with Crippen LogP contribution in [0.15, 0.2) is 36.5 Å². The van der Waals surface area contributed by atoms with E-state index in [2.05, 4.69) is 15.2 Å². The van der Waals surface area contributed by atoms with E-state index < -0.39 is 11.7 Å². The first-order chi connectivity index (χ1) is 13.2. The molecule has 0 unspecified atom stereocenters. The van der Waals surface area contributed by atoms with Crippen LogP contribution in [-0.2, 0) is 17.5 Å². The van der Waals surface area contributed by atoms with Crippen LogP contribution in [0.25, 0.3) is 0 Å². The number of nitrogens with zero attached hydrogens (tertiary/aromatic N) is 2. The number of anilines is 2. The third kappa shape index (κ3) is 4.86. The number of primary amides is 1. The number of aromatic nitrogens is 1. The van der Waals surface area contributed by atoms with Crippen molar-refractivity contribution in [3.8, 4) is 0 Å². The van der Waals surface area contributed by atoms with E-state index in [0.717, 1.165) is 42.9 Å². The number of rotatable bonds is 5. The van der Waals surface area contributed by atoms with Gasteiger partial charge in [0.15, 0.2) is 0 Å². The fraction of sp³-hybridized carbons (Fsp3) is 0.368. The Bertz CT molecular complexity index is 842. The highest BCUT2D eigenvalue weighted by Gasteiger charge is 2.31. The van der Waals surface area contributed by atoms with Crippen LogP contribution < -0.4 is 16.0 Å². The quantitative estimate of drug-likeness (QED) is 0.776. The van der Waals surface area contributed by atoms with Crippen molar-refractivity contribution in [3.63, 3.8) is 0 Å². The molecule has 1 aliphatic heterocycles. The van der Waals surface area contributed by atoms with Crippen molar-refractivity contribution >= 4 is 29.0 Å². The molecule has 3 rings (SSSR count). The maximum absolute atomic E-state index is 12.7. The molecule has 1 aliphatic rings. The number of hydrogen-bond acceptors (Lipinski definition) is 4. The molecule has 0 aliphatic carbocycles. The van der Waals surface area contributed by atoms with Gasteiger partial charge in [-0.25, -0.2) is 4.98 Å². The van der Waals surface area contributed by atoms with E-state index in [-0.39, 0.29) is 22.7 Å². The molecule has 0 radical (unpaired) electrons. The summed E-state index contributed by atoms with van der Waals surface area (Å²) in [5.74, 6) is -0.214. The summed E-state index contributed by atoms with van der Waals surface area (Å²) < 4.78 is 38.0. The number of carbonyl (C=O) groups is 1. The lowest BCUT2D eigenvalue weighted by atomic mass is 9.97. The molecule has 2 aromatic rings. The summed E-state index contributed by atoms with van der Waals surface area (Å²) in [6.07, 6.45) is -2.00. The third-order valence-corrected chi connectivity index (χ3v) is 5.04. The highest BCUT2D eigenvalue weighted by molar-refractivity contribution is 6.32. The van der Waals surface area contributed by atoms with Gasteiger partial charge in [0.05, 0.1) is 16.5 Å². The van der Waals surface area contributed by atoms with Gasteiger partial charge in [-0.05, 0) is 36.6 Å². The maximum Gasteiger partial charge on any atom is 0.417 e. The van der Waals surface area contributed by atoms with Gasteiger partial charge in [0.2, 0.25) is 5.91 Å². The second-order valence-electron chi connectivity index (χ2n) is 6.76. The smallest absolute Gasteiger partial charge is 0.371 e. The Labute approximate surface area is 165 Å². The second-order valence-corrected chi connectivity index (χ2v) is 7.17. The van der Waals surface area contributed by atoms with Gasteiger partial charge in [0.25, 0.3) is 0 Å². The maximum atomic E-state index is 12.7. The SMILES string of the molecule is NC(=O)[C@H]1CCCN(c2ccc(CNc3ncc(C(F)(F)F)cc3Cl)cc2)C1. The van der Waals surface area contributed by atoms with Gasteiger partial charge in [-0.1, -0.05) is 23.7 Å². The molecule has 150 valence electrons. The molecule has 0 saturated carbocycles. The van der Waals surface area contributed by atoms with Gasteiger partial charge < -0.3 is 16.0 Å². The lowest BCUT2D eigenvalue weighted by molar-refractivity contribution is -0.137. The zero-order chi connectivity index (χ0) is 20.3. The van der Waals surface area contributed by atoms with Crippen LogP contribution >= 0.6 is 11.6 Å². The van der Waals surface area contributed by atoms with Crippen LogP contribution in [0.2, 0.25) is 5.02 Å². The molecule has 0 spiro atoms. The van der Waals surface area contributed by atoms with Gasteiger partial charge in [0, 0.05) is 31.5 Å². The first-order valence-electron chi connectivity index (χ1n) is 8.84. The summed E-state index contributed by atoms with van der Waals surface area (Å²) in [6, 6.07) is 8.57. The van der Waals surface area contributed by atoms with Crippen molar-refractivity contribution in [3.05, 3.63) is 52.7 Å². The van der Waals surface area contributed by atoms with Crippen LogP contribution in [-0.4, -0.2) is 24.0 Å². The summed E-state index contributed by atoms with van der Waals surface area (Å²) in [6.45, 7) is 1.84. The van der Waals surface area contributed by atoms with Crippen LogP contribution in [0.4, 0.5) is 24.7 Å². The van der Waals surface area contributed by atoms with Crippen LogP contribution in [0.5, 0.6) is 0 Å². The fourth-order valence-electron chi connectivity index (χ4n) is 3.18. The Hall–Kier alpha value is -2.48. The number of alkyl halides is 3. The largest absolute Gasteiger partial charge is 0.417 e. The van der Waals surface area contributed by atoms with Gasteiger partial charge in [-0.2, -0.15) is 13.2 Å². The second kappa shape index (κ2) is 8.26. The minimum Gasteiger partial charge on any atom is -0.371 e. The van der Waals surface area contributed by atoms with Crippen molar-refractivity contribution in [2.75, 3.05) is 23.3 Å². The highest BCUT2D eigenvalue weighted by atomic mass is 35.5. The minimum absolute atomic E-state index is 0.0859. The third-order valence-electron chi connectivity index (χ3n) is 4.75. The molecule has 1 aromatic heterocycles. The molecular formula is C19H20ClF3N4O. The highest BCUT2D eigenvalue weighted by Crippen LogP contribution is 2.32. The number of nitrogens with one attached hydrogen (secondary N) is 1. The van der Waals surface area contributed by atoms with Crippen molar-refractivity contribution in [2.45, 2.75) is 25.6 Å². The lowest BCUT2D eigenvalue weighted by Gasteiger charge is -2.33. The lowest BCUT2D eigenvalue weighted by Crippen LogP contribution is -2.41. The number of halogens is 4. The first kappa shape index (κ1) is 20.3. The normalized spacial score (nSPS) is 17.4. The Morgan fingerprint density at radius 3 is 2.64 bits per heavy atom. The average molecular weight is 413 g/mol. The molecule has 2 heterocycles. The Morgan fingerprint density at radius 2 is 2.04 bits per heavy atom. The molecule has 1 atom stereocenters. The number of benzene rings is 1. The zero-order valence-electron chi connectivity index (χ0n) is 15.0. The summed E-state index contributed by atoms with van der Waals surface area (Å²) in [5, 5.41) is 2.86. The van der Waals surface area contributed by atoms with E-state index >= 15 is 0 Å². The number of hydrogen-bond donors (Lipinski definition) is 2. The standard InChI is InChI=1S/C19H20ClF3N4O/c20-16-8-14(19(21,22)23)10-26-18(16)25-9-12-3-5-15(6-4-12)27-7-1-2-13(11-27)17(24)28/h3-6,8,10,13H,1-2,7,9,11H2,(H2,24,28)(H,25,26)/t13-/m0/s1. The van der Waals surface area contributed by atoms with E-state index in [1.54, 1.807) is 0 Å². The molecule has 1 amide bonds. The Morgan fingerprint density at radius 1 is 1.32 bits per heavy atom. The average Bonchev–Trinajstić information content (AvgIpc) is 2.67. The van der Waals surface area contributed by atoms with Crippen molar-refractivity contribution in [2.24, 2.45) is 11.7 Å². The van der Waals surface area contributed by atoms with Gasteiger partial charge >= 0.3 is 6.18 Å². The summed E-state index contributed by atoms with van der Waals surface area (Å²) >= 11 is 5.90. The van der Waals surface area contributed by atoms with Gasteiger partial charge in [-0.3, -0.25) is 4.79 Å². The molecule has 1 aromatic carbocycles. The van der Waals surface area contributed by atoms with Crippen LogP contribution in [0.3, 0.4) is 0 Å². The Kier molecular flexibility index (Phi) is 5.98. The van der Waals surface area contributed by atoms with Crippen LogP contribution in [0, 0.1) is 5.92 Å². The minimum atomic E-state index is -4.48. The topological polar surface area (TPSA) is 71.2 Å². The van der Waals surface area contributed by atoms with Crippen LogP contribution in [0.1, 0.15) is 24.0 Å². The van der Waals surface area contributed by atoms with E-state index in [1.165, 1.54) is 0 Å². The van der Waals surface area contributed by atoms with E-state index in [1.807, 2.05) is 24.3 Å². The van der Waals surface area contributed by atoms with Crippen molar-refractivity contribution in [1.82, 2.24) is 4.98 Å². The zero-order valence-corrected chi connectivity index (χ0v) is 15.7. The number of pyridine rings is 1. The fourth-order valence-corrected chi connectivity index (χ4v) is 3.41. The van der Waals surface area contributed by atoms with E-state index in [9.17, 15) is 18.0 Å². The summed E-state index contributed by atoms with van der Waals surface area (Å²) in [4.78, 5) is 17.3. The number of piperidine rings is 1. The summed E-state index contributed by atoms with van der Waals surface area (Å²) in [7, 11) is 0. The van der Waals surface area contributed by atoms with Crippen molar-refractivity contribution < 1.29 is 18.0 Å². The number of amides is 1. The first-order valence-corrected chi connectivity index (χ1v) is 9.21. The summed E-state index contributed by atoms with van der Waals surface area (Å²) in [5.41, 5.74) is 6.45. The predicted octanol–water partition coefficient (Wildman–Crippen LogP) is 4.07. The van der Waals surface area contributed by atoms with E-state index in [0.29, 0.717) is 13.1 Å². The monoisotopic (exact) mass is 412 g/mol. The molecule has 1 fully saturated rings. The van der Waals surface area contributed by atoms with Gasteiger partial charge in [-0.15, -0.1) is 0 Å². The molecular weight excluding hydrogens is 393 g/mol. The molecule has 3 N–H and O–H groups in total. The molecule has 0 bridgehead atoms. The predicted molar refractivity (Wildman–Crippen MR) is 102 cm³/mol. The molecule has 9 heteroatoms. The number of carbonyl (C=O) groups excluding carboxylic acids is 1. The molecule has 1 saturated heterocycles. The van der Waals surface area contributed by atoms with E-state index in [4.69, 9.17) is 17.3 Å². The Balaban J connectivity index is 1.61. The molecule has 5 nitrogen and oxygen atoms in total. The van der Waals surface area contributed by atoms with Crippen molar-refractivity contribution in [1.29, 1.82) is 0 Å².